The van der Waals surface area contributed by atoms with Gasteiger partial charge in [-0.3, -0.25) is 0 Å². The monoisotopic (exact) mass is 554 g/mol. The molecule has 1 unspecified atom stereocenters. The highest BCUT2D eigenvalue weighted by Crippen LogP contribution is 2.22. The fourth-order valence-electron chi connectivity index (χ4n) is 3.20. The minimum Gasteiger partial charge on any atom is -0.0988 e. The highest BCUT2D eigenvalue weighted by molar-refractivity contribution is 5.74. The molecule has 0 nitrogen and oxygen atoms in total. The molecule has 0 radical (unpaired) electrons. The minimum atomic E-state index is 0.375. The molecule has 0 heterocycles. The van der Waals surface area contributed by atoms with Crippen LogP contribution in [0.2, 0.25) is 0 Å². The second-order valence-electron chi connectivity index (χ2n) is 9.25. The topological polar surface area (TPSA) is 0 Å². The number of hydrogen-bond donors (Lipinski definition) is 0. The van der Waals surface area contributed by atoms with Crippen LogP contribution < -0.4 is 0 Å². The van der Waals surface area contributed by atoms with Gasteiger partial charge in [-0.25, -0.2) is 0 Å². The Morgan fingerprint density at radius 2 is 1.41 bits per heavy atom. The molecular weight excluding hydrogens is 492 g/mol. The zero-order valence-electron chi connectivity index (χ0n) is 28.7. The molecule has 1 aromatic rings. The maximum atomic E-state index is 4.12. The Kier molecular flexibility index (Phi) is 30.4. The second-order valence-corrected chi connectivity index (χ2v) is 9.25. The van der Waals surface area contributed by atoms with E-state index in [4.69, 9.17) is 0 Å². The lowest BCUT2D eigenvalue weighted by atomic mass is 9.93. The summed E-state index contributed by atoms with van der Waals surface area (Å²) >= 11 is 0. The molecule has 1 aliphatic carbocycles. The Morgan fingerprint density at radius 3 is 1.85 bits per heavy atom. The van der Waals surface area contributed by atoms with Crippen molar-refractivity contribution in [2.45, 2.75) is 95.9 Å². The van der Waals surface area contributed by atoms with Gasteiger partial charge in [0.15, 0.2) is 0 Å². The van der Waals surface area contributed by atoms with Gasteiger partial charge < -0.3 is 0 Å². The van der Waals surface area contributed by atoms with Crippen LogP contribution >= 0.6 is 0 Å². The van der Waals surface area contributed by atoms with Crippen LogP contribution in [-0.2, 0) is 0 Å². The molecule has 0 saturated carbocycles. The number of hydrogen-bond acceptors (Lipinski definition) is 0. The van der Waals surface area contributed by atoms with Crippen molar-refractivity contribution in [1.29, 1.82) is 0 Å². The van der Waals surface area contributed by atoms with E-state index in [-0.39, 0.29) is 0 Å². The van der Waals surface area contributed by atoms with Crippen molar-refractivity contribution < 1.29 is 0 Å². The smallest absolute Gasteiger partial charge is 0.00144 e. The van der Waals surface area contributed by atoms with Gasteiger partial charge in [0.25, 0.3) is 0 Å². The molecule has 0 saturated heterocycles. The van der Waals surface area contributed by atoms with E-state index in [1.165, 1.54) is 46.3 Å². The molecule has 0 aromatic heterocycles. The standard InChI is InChI=1S/C18H26.C13H14.C6H10.2C2H6/c1-7-9-11-13-16(4)18(6)17(5)14-15(3)12-10-8-2;1-11-7-9-13(10-8-11)12-5-3-2-4-6-12;1-4-6(3)5-2;2*1-2/h7-14,18H,4H2,1-3,5-6H3;3,5-10H,2,4H2,1H3;4-5H,1H2,2-3H3;2*1-2H3/b9-7-,10-8+,13-11-,15-12-,17-14+;;6-5-;;. The summed E-state index contributed by atoms with van der Waals surface area (Å²) in [6.45, 7) is 32.3. The van der Waals surface area contributed by atoms with Crippen molar-refractivity contribution in [2.24, 2.45) is 5.92 Å². The number of rotatable bonds is 8. The summed E-state index contributed by atoms with van der Waals surface area (Å²) in [5.74, 6) is 0.375. The van der Waals surface area contributed by atoms with Crippen molar-refractivity contribution in [3.05, 3.63) is 150 Å². The van der Waals surface area contributed by atoms with Gasteiger partial charge in [0.05, 0.1) is 0 Å². The molecule has 41 heavy (non-hydrogen) atoms. The van der Waals surface area contributed by atoms with E-state index in [2.05, 4.69) is 108 Å². The quantitative estimate of drug-likeness (QED) is 0.280. The Hall–Kier alpha value is -3.38. The third kappa shape index (κ3) is 23.1. The van der Waals surface area contributed by atoms with Gasteiger partial charge in [0.1, 0.15) is 0 Å². The first-order chi connectivity index (χ1) is 19.7. The van der Waals surface area contributed by atoms with Gasteiger partial charge in [-0.1, -0.05) is 173 Å². The summed E-state index contributed by atoms with van der Waals surface area (Å²) < 4.78 is 0. The van der Waals surface area contributed by atoms with Crippen LogP contribution in [0.5, 0.6) is 0 Å². The number of benzene rings is 1. The lowest BCUT2D eigenvalue weighted by Gasteiger charge is -2.12. The van der Waals surface area contributed by atoms with Crippen LogP contribution in [-0.4, -0.2) is 0 Å². The molecule has 0 spiro atoms. The van der Waals surface area contributed by atoms with Crippen LogP contribution in [0.3, 0.4) is 0 Å². The highest BCUT2D eigenvalue weighted by atomic mass is 14.1. The van der Waals surface area contributed by atoms with E-state index >= 15 is 0 Å². The van der Waals surface area contributed by atoms with Crippen molar-refractivity contribution in [3.63, 3.8) is 0 Å². The fraction of sp³-hybridized carbons (Fsp3) is 0.366. The molecule has 0 bridgehead atoms. The summed E-state index contributed by atoms with van der Waals surface area (Å²) in [4.78, 5) is 0. The van der Waals surface area contributed by atoms with E-state index < -0.39 is 0 Å². The van der Waals surface area contributed by atoms with Crippen molar-refractivity contribution >= 4 is 5.57 Å². The average Bonchev–Trinajstić information content (AvgIpc) is 3.02. The summed E-state index contributed by atoms with van der Waals surface area (Å²) in [5, 5.41) is 0. The highest BCUT2D eigenvalue weighted by Gasteiger charge is 2.05. The van der Waals surface area contributed by atoms with Crippen LogP contribution in [0.15, 0.2) is 139 Å². The zero-order chi connectivity index (χ0) is 32.1. The molecule has 1 atom stereocenters. The fourth-order valence-corrected chi connectivity index (χ4v) is 3.20. The van der Waals surface area contributed by atoms with Gasteiger partial charge in [-0.05, 0) is 78.0 Å². The van der Waals surface area contributed by atoms with E-state index in [1.54, 1.807) is 0 Å². The predicted molar refractivity (Wildman–Crippen MR) is 194 cm³/mol. The van der Waals surface area contributed by atoms with Crippen molar-refractivity contribution in [2.75, 3.05) is 0 Å². The van der Waals surface area contributed by atoms with Gasteiger partial charge in [0.2, 0.25) is 0 Å². The molecule has 0 N–H and O–H groups in total. The summed E-state index contributed by atoms with van der Waals surface area (Å²) in [5.41, 5.74) is 9.00. The van der Waals surface area contributed by atoms with E-state index in [0.717, 1.165) is 5.57 Å². The van der Waals surface area contributed by atoms with Gasteiger partial charge in [-0.15, -0.1) is 0 Å². The Balaban J connectivity index is -0.000000545. The first-order valence-electron chi connectivity index (χ1n) is 15.3. The maximum Gasteiger partial charge on any atom is 0.00144 e. The molecule has 226 valence electrons. The molecule has 0 amide bonds. The van der Waals surface area contributed by atoms with E-state index in [1.807, 2.05) is 91.8 Å². The largest absolute Gasteiger partial charge is 0.0988 e. The molecule has 0 aliphatic heterocycles. The second kappa shape index (κ2) is 29.6. The van der Waals surface area contributed by atoms with Crippen LogP contribution in [0.1, 0.15) is 100 Å². The third-order valence-corrected chi connectivity index (χ3v) is 6.02. The van der Waals surface area contributed by atoms with E-state index in [9.17, 15) is 0 Å². The average molecular weight is 555 g/mol. The summed E-state index contributed by atoms with van der Waals surface area (Å²) in [6, 6.07) is 8.71. The zero-order valence-corrected chi connectivity index (χ0v) is 28.7. The third-order valence-electron chi connectivity index (χ3n) is 6.02. The number of aryl methyl sites for hydroxylation is 1. The maximum absolute atomic E-state index is 4.12. The minimum absolute atomic E-state index is 0.375. The van der Waals surface area contributed by atoms with Crippen molar-refractivity contribution in [1.82, 2.24) is 0 Å². The normalized spacial score (nSPS) is 14.0. The lowest BCUT2D eigenvalue weighted by molar-refractivity contribution is 0.825. The predicted octanol–water partition coefficient (Wildman–Crippen LogP) is 13.7. The molecule has 0 fully saturated rings. The molecule has 0 heteroatoms. The van der Waals surface area contributed by atoms with Crippen molar-refractivity contribution in [3.8, 4) is 0 Å². The molecule has 1 aliphatic rings. The molecule has 1 aromatic carbocycles. The summed E-state index contributed by atoms with van der Waals surface area (Å²) in [7, 11) is 0. The first-order valence-corrected chi connectivity index (χ1v) is 15.3. The van der Waals surface area contributed by atoms with Gasteiger partial charge >= 0.3 is 0 Å². The van der Waals surface area contributed by atoms with E-state index in [0.29, 0.717) is 5.92 Å². The lowest BCUT2D eigenvalue weighted by Crippen LogP contribution is -1.98. The van der Waals surface area contributed by atoms with Gasteiger partial charge in [-0.2, -0.15) is 0 Å². The first kappa shape index (κ1) is 42.1. The Labute approximate surface area is 256 Å². The van der Waals surface area contributed by atoms with Crippen LogP contribution in [0, 0.1) is 12.8 Å². The molecular formula is C41H62. The Morgan fingerprint density at radius 1 is 0.829 bits per heavy atom. The molecule has 2 rings (SSSR count). The van der Waals surface area contributed by atoms with Crippen LogP contribution in [0.4, 0.5) is 0 Å². The van der Waals surface area contributed by atoms with Crippen LogP contribution in [0.25, 0.3) is 5.57 Å². The Bertz CT molecular complexity index is 1050. The summed E-state index contributed by atoms with van der Waals surface area (Å²) in [6.07, 6.45) is 29.6. The number of allylic oxidation sites excluding steroid dienone is 18. The van der Waals surface area contributed by atoms with Gasteiger partial charge in [0, 0.05) is 5.92 Å². The SMILES string of the molecule is C=C(/C=C\C=C/C)C(C)/C(C)=C/C(C)=C\C=C\C.C=C/C(C)=C\C.CC.CC.Cc1ccc(C2=CCCC=C2)cc1.